The first-order valence-electron chi connectivity index (χ1n) is 4.80. The normalized spacial score (nSPS) is 17.0. The highest BCUT2D eigenvalue weighted by atomic mass is 16.7. The Morgan fingerprint density at radius 3 is 2.73 bits per heavy atom. The van der Waals surface area contributed by atoms with Gasteiger partial charge in [0, 0.05) is 11.6 Å². The maximum absolute atomic E-state index is 8.48. The standard InChI is InChI=1S/C12H11NO2/c13-7-3-5-10-4-1-2-6-11(10)12-14-8-9-15-12/h1-6,12H,8-9H2. The molecule has 1 aromatic carbocycles. The first kappa shape index (κ1) is 9.91. The van der Waals surface area contributed by atoms with Crippen molar-refractivity contribution in [1.29, 1.82) is 5.26 Å². The van der Waals surface area contributed by atoms with E-state index in [1.807, 2.05) is 30.3 Å². The lowest BCUT2D eigenvalue weighted by molar-refractivity contribution is -0.0442. The van der Waals surface area contributed by atoms with Crippen molar-refractivity contribution in [2.24, 2.45) is 0 Å². The molecule has 0 saturated carbocycles. The van der Waals surface area contributed by atoms with Crippen molar-refractivity contribution in [1.82, 2.24) is 0 Å². The van der Waals surface area contributed by atoms with Crippen molar-refractivity contribution in [3.63, 3.8) is 0 Å². The summed E-state index contributed by atoms with van der Waals surface area (Å²) >= 11 is 0. The number of ether oxygens (including phenoxy) is 2. The molecule has 0 unspecified atom stereocenters. The molecule has 3 nitrogen and oxygen atoms in total. The average Bonchev–Trinajstić information content (AvgIpc) is 2.80. The molecule has 1 aromatic rings. The van der Waals surface area contributed by atoms with Crippen molar-refractivity contribution < 1.29 is 9.47 Å². The summed E-state index contributed by atoms with van der Waals surface area (Å²) in [6.45, 7) is 1.25. The van der Waals surface area contributed by atoms with E-state index in [1.54, 1.807) is 6.08 Å². The van der Waals surface area contributed by atoms with Crippen LogP contribution in [0.15, 0.2) is 30.3 Å². The van der Waals surface area contributed by atoms with E-state index in [2.05, 4.69) is 0 Å². The zero-order valence-electron chi connectivity index (χ0n) is 8.22. The quantitative estimate of drug-likeness (QED) is 0.689. The Labute approximate surface area is 88.5 Å². The second-order valence-corrected chi connectivity index (χ2v) is 3.16. The molecule has 15 heavy (non-hydrogen) atoms. The summed E-state index contributed by atoms with van der Waals surface area (Å²) in [5, 5.41) is 8.48. The third kappa shape index (κ3) is 2.24. The fourth-order valence-corrected chi connectivity index (χ4v) is 1.54. The average molecular weight is 201 g/mol. The molecule has 0 N–H and O–H groups in total. The van der Waals surface area contributed by atoms with Gasteiger partial charge in [0.1, 0.15) is 0 Å². The number of hydrogen-bond donors (Lipinski definition) is 0. The van der Waals surface area contributed by atoms with E-state index in [1.165, 1.54) is 6.08 Å². The minimum absolute atomic E-state index is 0.287. The number of nitriles is 1. The number of nitrogens with zero attached hydrogens (tertiary/aromatic N) is 1. The van der Waals surface area contributed by atoms with Crippen LogP contribution in [0.3, 0.4) is 0 Å². The molecule has 0 radical (unpaired) electrons. The van der Waals surface area contributed by atoms with Gasteiger partial charge in [0.25, 0.3) is 0 Å². The van der Waals surface area contributed by atoms with Gasteiger partial charge in [-0.2, -0.15) is 5.26 Å². The van der Waals surface area contributed by atoms with Gasteiger partial charge in [-0.15, -0.1) is 0 Å². The summed E-state index contributed by atoms with van der Waals surface area (Å²) in [5.74, 6) is 0. The van der Waals surface area contributed by atoms with Gasteiger partial charge in [-0.1, -0.05) is 24.3 Å². The van der Waals surface area contributed by atoms with E-state index in [0.29, 0.717) is 13.2 Å². The molecule has 0 aromatic heterocycles. The van der Waals surface area contributed by atoms with Crippen LogP contribution in [0.1, 0.15) is 17.4 Å². The second kappa shape index (κ2) is 4.74. The van der Waals surface area contributed by atoms with Gasteiger partial charge in [0.05, 0.1) is 19.3 Å². The number of hydrogen-bond acceptors (Lipinski definition) is 3. The lowest BCUT2D eigenvalue weighted by Crippen LogP contribution is -2.00. The molecule has 1 saturated heterocycles. The maximum atomic E-state index is 8.48. The van der Waals surface area contributed by atoms with Gasteiger partial charge in [-0.05, 0) is 11.6 Å². The van der Waals surface area contributed by atoms with Crippen LogP contribution in [0.5, 0.6) is 0 Å². The first-order chi connectivity index (χ1) is 7.42. The van der Waals surface area contributed by atoms with E-state index in [9.17, 15) is 0 Å². The van der Waals surface area contributed by atoms with Crippen LogP contribution in [-0.2, 0) is 9.47 Å². The predicted molar refractivity (Wildman–Crippen MR) is 55.7 cm³/mol. The van der Waals surface area contributed by atoms with Crippen LogP contribution in [0.4, 0.5) is 0 Å². The van der Waals surface area contributed by atoms with Crippen LogP contribution in [0, 0.1) is 11.3 Å². The summed E-state index contributed by atoms with van der Waals surface area (Å²) in [7, 11) is 0. The molecule has 2 rings (SSSR count). The summed E-state index contributed by atoms with van der Waals surface area (Å²) in [5.41, 5.74) is 1.94. The van der Waals surface area contributed by atoms with Gasteiger partial charge in [-0.25, -0.2) is 0 Å². The molecule has 1 aliphatic rings. The first-order valence-corrected chi connectivity index (χ1v) is 4.80. The summed E-state index contributed by atoms with van der Waals surface area (Å²) in [4.78, 5) is 0. The highest BCUT2D eigenvalue weighted by Crippen LogP contribution is 2.26. The maximum Gasteiger partial charge on any atom is 0.184 e. The molecule has 0 bridgehead atoms. The molecule has 0 spiro atoms. The number of benzene rings is 1. The Kier molecular flexibility index (Phi) is 3.13. The third-order valence-electron chi connectivity index (χ3n) is 2.21. The van der Waals surface area contributed by atoms with Gasteiger partial charge in [-0.3, -0.25) is 0 Å². The minimum atomic E-state index is -0.287. The van der Waals surface area contributed by atoms with E-state index < -0.39 is 0 Å². The van der Waals surface area contributed by atoms with Gasteiger partial charge in [0.2, 0.25) is 0 Å². The van der Waals surface area contributed by atoms with Gasteiger partial charge < -0.3 is 9.47 Å². The second-order valence-electron chi connectivity index (χ2n) is 3.16. The highest BCUT2D eigenvalue weighted by Gasteiger charge is 2.19. The smallest absolute Gasteiger partial charge is 0.184 e. The molecule has 3 heteroatoms. The molecule has 1 heterocycles. The van der Waals surface area contributed by atoms with Gasteiger partial charge in [0.15, 0.2) is 6.29 Å². The fraction of sp³-hybridized carbons (Fsp3) is 0.250. The van der Waals surface area contributed by atoms with E-state index in [0.717, 1.165) is 11.1 Å². The molecule has 0 atom stereocenters. The summed E-state index contributed by atoms with van der Waals surface area (Å²) in [6.07, 6.45) is 2.93. The van der Waals surface area contributed by atoms with E-state index >= 15 is 0 Å². The summed E-state index contributed by atoms with van der Waals surface area (Å²) in [6, 6.07) is 9.72. The zero-order valence-corrected chi connectivity index (χ0v) is 8.22. The zero-order chi connectivity index (χ0) is 10.5. The topological polar surface area (TPSA) is 42.2 Å². The number of allylic oxidation sites excluding steroid dienone is 1. The molecule has 1 fully saturated rings. The predicted octanol–water partition coefficient (Wildman–Crippen LogP) is 2.27. The largest absolute Gasteiger partial charge is 0.346 e. The molecular weight excluding hydrogens is 190 g/mol. The van der Waals surface area contributed by atoms with Crippen LogP contribution in [0.2, 0.25) is 0 Å². The molecule has 0 aliphatic carbocycles. The molecule has 0 amide bonds. The van der Waals surface area contributed by atoms with Gasteiger partial charge >= 0.3 is 0 Å². The monoisotopic (exact) mass is 201 g/mol. The van der Waals surface area contributed by atoms with Crippen molar-refractivity contribution in [2.75, 3.05) is 13.2 Å². The molecule has 76 valence electrons. The Hall–Kier alpha value is -1.63. The van der Waals surface area contributed by atoms with Crippen LogP contribution in [-0.4, -0.2) is 13.2 Å². The lowest BCUT2D eigenvalue weighted by atomic mass is 10.1. The van der Waals surface area contributed by atoms with Crippen molar-refractivity contribution in [3.8, 4) is 6.07 Å². The van der Waals surface area contributed by atoms with Crippen molar-refractivity contribution in [3.05, 3.63) is 41.5 Å². The molecule has 1 aliphatic heterocycles. The molecular formula is C12H11NO2. The summed E-state index contributed by atoms with van der Waals surface area (Å²) < 4.78 is 10.8. The Morgan fingerprint density at radius 1 is 1.27 bits per heavy atom. The van der Waals surface area contributed by atoms with E-state index in [-0.39, 0.29) is 6.29 Å². The Balaban J connectivity index is 2.29. The number of rotatable bonds is 2. The third-order valence-corrected chi connectivity index (χ3v) is 2.21. The van der Waals surface area contributed by atoms with Crippen LogP contribution in [0.25, 0.3) is 6.08 Å². The highest BCUT2D eigenvalue weighted by molar-refractivity contribution is 5.56. The Bertz CT molecular complexity index is 400. The Morgan fingerprint density at radius 2 is 2.00 bits per heavy atom. The lowest BCUT2D eigenvalue weighted by Gasteiger charge is -2.11. The fourth-order valence-electron chi connectivity index (χ4n) is 1.54. The SMILES string of the molecule is N#CC=Cc1ccccc1C1OCCO1. The van der Waals surface area contributed by atoms with Crippen LogP contribution >= 0.6 is 0 Å². The van der Waals surface area contributed by atoms with Crippen LogP contribution < -0.4 is 0 Å². The minimum Gasteiger partial charge on any atom is -0.346 e. The van der Waals surface area contributed by atoms with Crippen molar-refractivity contribution in [2.45, 2.75) is 6.29 Å². The van der Waals surface area contributed by atoms with Crippen molar-refractivity contribution >= 4 is 6.08 Å². The van der Waals surface area contributed by atoms with E-state index in [4.69, 9.17) is 14.7 Å².